The topological polar surface area (TPSA) is 43.1 Å². The van der Waals surface area contributed by atoms with Crippen LogP contribution in [0, 0.1) is 18.7 Å². The van der Waals surface area contributed by atoms with Gasteiger partial charge in [0.25, 0.3) is 0 Å². The van der Waals surface area contributed by atoms with Gasteiger partial charge in [0.05, 0.1) is 5.02 Å². The molecule has 2 nitrogen and oxygen atoms in total. The summed E-state index contributed by atoms with van der Waals surface area (Å²) in [6.45, 7) is 1.63. The second-order valence-corrected chi connectivity index (χ2v) is 5.46. The Labute approximate surface area is 111 Å². The SMILES string of the molecule is Cc1cc(Cl)c(C(=O)C2CCC(N)CC2)cc1F. The largest absolute Gasteiger partial charge is 0.328 e. The van der Waals surface area contributed by atoms with Gasteiger partial charge in [0, 0.05) is 17.5 Å². The molecule has 1 saturated carbocycles. The van der Waals surface area contributed by atoms with E-state index in [-0.39, 0.29) is 23.6 Å². The van der Waals surface area contributed by atoms with Crippen LogP contribution in [0.15, 0.2) is 12.1 Å². The van der Waals surface area contributed by atoms with Crippen LogP contribution in [-0.4, -0.2) is 11.8 Å². The lowest BCUT2D eigenvalue weighted by Gasteiger charge is -2.25. The van der Waals surface area contributed by atoms with E-state index in [4.69, 9.17) is 17.3 Å². The maximum absolute atomic E-state index is 13.5. The molecule has 2 N–H and O–H groups in total. The van der Waals surface area contributed by atoms with Crippen LogP contribution in [0.5, 0.6) is 0 Å². The van der Waals surface area contributed by atoms with Crippen molar-refractivity contribution in [2.45, 2.75) is 38.6 Å². The fourth-order valence-corrected chi connectivity index (χ4v) is 2.75. The van der Waals surface area contributed by atoms with Crippen molar-refractivity contribution >= 4 is 17.4 Å². The predicted molar refractivity (Wildman–Crippen MR) is 70.4 cm³/mol. The van der Waals surface area contributed by atoms with Gasteiger partial charge in [-0.05, 0) is 50.3 Å². The van der Waals surface area contributed by atoms with Gasteiger partial charge < -0.3 is 5.73 Å². The number of carbonyl (C=O) groups excluding carboxylic acids is 1. The Balaban J connectivity index is 2.21. The molecule has 1 aliphatic rings. The molecule has 0 unspecified atom stereocenters. The molecule has 1 aromatic rings. The van der Waals surface area contributed by atoms with E-state index < -0.39 is 0 Å². The molecule has 2 rings (SSSR count). The fourth-order valence-electron chi connectivity index (χ4n) is 2.44. The van der Waals surface area contributed by atoms with Crippen molar-refractivity contribution in [3.63, 3.8) is 0 Å². The number of ketones is 1. The quantitative estimate of drug-likeness (QED) is 0.835. The van der Waals surface area contributed by atoms with Gasteiger partial charge in [0.15, 0.2) is 5.78 Å². The Morgan fingerprint density at radius 3 is 2.56 bits per heavy atom. The number of hydrogen-bond acceptors (Lipinski definition) is 2. The lowest BCUT2D eigenvalue weighted by atomic mass is 9.82. The molecule has 0 radical (unpaired) electrons. The molecule has 4 heteroatoms. The van der Waals surface area contributed by atoms with Crippen molar-refractivity contribution in [3.8, 4) is 0 Å². The molecule has 0 amide bonds. The monoisotopic (exact) mass is 269 g/mol. The average Bonchev–Trinajstić information content (AvgIpc) is 2.34. The van der Waals surface area contributed by atoms with Crippen LogP contribution in [0.2, 0.25) is 5.02 Å². The molecule has 1 fully saturated rings. The Bertz CT molecular complexity index is 467. The third-order valence-corrected chi connectivity index (χ3v) is 3.97. The van der Waals surface area contributed by atoms with Crippen LogP contribution in [0.4, 0.5) is 4.39 Å². The Hall–Kier alpha value is -0.930. The molecule has 0 spiro atoms. The van der Waals surface area contributed by atoms with Crippen LogP contribution in [-0.2, 0) is 0 Å². The zero-order chi connectivity index (χ0) is 13.3. The smallest absolute Gasteiger partial charge is 0.167 e. The highest BCUT2D eigenvalue weighted by molar-refractivity contribution is 6.34. The Morgan fingerprint density at radius 2 is 1.94 bits per heavy atom. The summed E-state index contributed by atoms with van der Waals surface area (Å²) in [4.78, 5) is 12.3. The minimum Gasteiger partial charge on any atom is -0.328 e. The molecule has 0 aliphatic heterocycles. The lowest BCUT2D eigenvalue weighted by molar-refractivity contribution is 0.0884. The fraction of sp³-hybridized carbons (Fsp3) is 0.500. The van der Waals surface area contributed by atoms with Gasteiger partial charge in [-0.2, -0.15) is 0 Å². The van der Waals surface area contributed by atoms with Crippen LogP contribution < -0.4 is 5.73 Å². The number of hydrogen-bond donors (Lipinski definition) is 1. The lowest BCUT2D eigenvalue weighted by Crippen LogP contribution is -2.30. The maximum Gasteiger partial charge on any atom is 0.167 e. The van der Waals surface area contributed by atoms with Gasteiger partial charge in [-0.15, -0.1) is 0 Å². The van der Waals surface area contributed by atoms with Crippen molar-refractivity contribution in [2.75, 3.05) is 0 Å². The first-order chi connectivity index (χ1) is 8.49. The summed E-state index contributed by atoms with van der Waals surface area (Å²) >= 11 is 6.03. The third kappa shape index (κ3) is 2.73. The molecule has 0 heterocycles. The summed E-state index contributed by atoms with van der Waals surface area (Å²) in [7, 11) is 0. The van der Waals surface area contributed by atoms with E-state index in [2.05, 4.69) is 0 Å². The van der Waals surface area contributed by atoms with Crippen molar-refractivity contribution in [1.29, 1.82) is 0 Å². The van der Waals surface area contributed by atoms with E-state index in [1.807, 2.05) is 0 Å². The number of aryl methyl sites for hydroxylation is 1. The van der Waals surface area contributed by atoms with Crippen molar-refractivity contribution < 1.29 is 9.18 Å². The summed E-state index contributed by atoms with van der Waals surface area (Å²) in [6, 6.07) is 2.96. The zero-order valence-electron chi connectivity index (χ0n) is 10.4. The van der Waals surface area contributed by atoms with Gasteiger partial charge in [-0.3, -0.25) is 4.79 Å². The van der Waals surface area contributed by atoms with E-state index >= 15 is 0 Å². The number of carbonyl (C=O) groups is 1. The Morgan fingerprint density at radius 1 is 1.33 bits per heavy atom. The minimum absolute atomic E-state index is 0.0502. The van der Waals surface area contributed by atoms with E-state index in [1.54, 1.807) is 6.92 Å². The minimum atomic E-state index is -0.379. The number of rotatable bonds is 2. The third-order valence-electron chi connectivity index (χ3n) is 3.66. The summed E-state index contributed by atoms with van der Waals surface area (Å²) in [5.41, 5.74) is 6.58. The highest BCUT2D eigenvalue weighted by Gasteiger charge is 2.27. The molecule has 0 atom stereocenters. The predicted octanol–water partition coefficient (Wildman–Crippen LogP) is 3.49. The highest BCUT2D eigenvalue weighted by Crippen LogP contribution is 2.30. The summed E-state index contributed by atoms with van der Waals surface area (Å²) < 4.78 is 13.5. The van der Waals surface area contributed by atoms with Crippen molar-refractivity contribution in [1.82, 2.24) is 0 Å². The van der Waals surface area contributed by atoms with Crippen molar-refractivity contribution in [2.24, 2.45) is 11.7 Å². The molecule has 1 aliphatic carbocycles. The first-order valence-corrected chi connectivity index (χ1v) is 6.62. The number of benzene rings is 1. The summed E-state index contributed by atoms with van der Waals surface area (Å²) in [6.07, 6.45) is 3.24. The highest BCUT2D eigenvalue weighted by atomic mass is 35.5. The average molecular weight is 270 g/mol. The van der Waals surface area contributed by atoms with Gasteiger partial charge >= 0.3 is 0 Å². The van der Waals surface area contributed by atoms with Gasteiger partial charge in [0.2, 0.25) is 0 Å². The molecule has 1 aromatic carbocycles. The van der Waals surface area contributed by atoms with Crippen LogP contribution in [0.1, 0.15) is 41.6 Å². The molecule has 98 valence electrons. The first-order valence-electron chi connectivity index (χ1n) is 6.24. The van der Waals surface area contributed by atoms with Crippen molar-refractivity contribution in [3.05, 3.63) is 34.1 Å². The second-order valence-electron chi connectivity index (χ2n) is 5.06. The number of Topliss-reactive ketones (excluding diaryl/α,β-unsaturated/α-hetero) is 1. The molecule has 18 heavy (non-hydrogen) atoms. The van der Waals surface area contributed by atoms with Gasteiger partial charge in [0.1, 0.15) is 5.82 Å². The first kappa shape index (κ1) is 13.5. The van der Waals surface area contributed by atoms with E-state index in [1.165, 1.54) is 12.1 Å². The molecule has 0 saturated heterocycles. The Kier molecular flexibility index (Phi) is 4.03. The van der Waals surface area contributed by atoms with E-state index in [9.17, 15) is 9.18 Å². The summed E-state index contributed by atoms with van der Waals surface area (Å²) in [5, 5.41) is 0.341. The number of halogens is 2. The zero-order valence-corrected chi connectivity index (χ0v) is 11.1. The van der Waals surface area contributed by atoms with E-state index in [0.717, 1.165) is 25.7 Å². The molecule has 0 bridgehead atoms. The summed E-state index contributed by atoms with van der Waals surface area (Å²) in [5.74, 6) is -0.495. The van der Waals surface area contributed by atoms with Crippen LogP contribution >= 0.6 is 11.6 Å². The van der Waals surface area contributed by atoms with Gasteiger partial charge in [-0.25, -0.2) is 4.39 Å². The van der Waals surface area contributed by atoms with Gasteiger partial charge in [-0.1, -0.05) is 11.6 Å². The maximum atomic E-state index is 13.5. The standard InChI is InChI=1S/C14H17ClFNO/c1-8-6-12(15)11(7-13(8)16)14(18)9-2-4-10(17)5-3-9/h6-7,9-10H,2-5,17H2,1H3. The number of nitrogens with two attached hydrogens (primary N) is 1. The normalized spacial score (nSPS) is 24.0. The second kappa shape index (κ2) is 5.37. The molecular formula is C14H17ClFNO. The van der Waals surface area contributed by atoms with Crippen LogP contribution in [0.3, 0.4) is 0 Å². The molecular weight excluding hydrogens is 253 g/mol. The van der Waals surface area contributed by atoms with Crippen LogP contribution in [0.25, 0.3) is 0 Å². The molecule has 0 aromatic heterocycles. The van der Waals surface area contributed by atoms with E-state index in [0.29, 0.717) is 16.1 Å².